The molecule has 20 heavy (non-hydrogen) atoms. The van der Waals surface area contributed by atoms with Crippen molar-refractivity contribution in [2.45, 2.75) is 31.5 Å². The predicted octanol–water partition coefficient (Wildman–Crippen LogP) is 4.05. The van der Waals surface area contributed by atoms with Gasteiger partial charge in [0.2, 0.25) is 0 Å². The standard InChI is InChI=1S/C14H18BrF3N2/c1-13(19-2)5-7-20(8-6-13)12-4-3-10(9-11(12)15)14(16,17)18/h3-4,9,19H,5-8H2,1-2H3. The Kier molecular flexibility index (Phi) is 4.35. The minimum absolute atomic E-state index is 0.120. The van der Waals surface area contributed by atoms with Crippen LogP contribution in [-0.4, -0.2) is 25.7 Å². The van der Waals surface area contributed by atoms with Gasteiger partial charge in [-0.2, -0.15) is 13.2 Å². The van der Waals surface area contributed by atoms with E-state index in [-0.39, 0.29) is 5.54 Å². The molecule has 1 aromatic rings. The summed E-state index contributed by atoms with van der Waals surface area (Å²) in [7, 11) is 1.95. The summed E-state index contributed by atoms with van der Waals surface area (Å²) in [6.45, 7) is 3.84. The smallest absolute Gasteiger partial charge is 0.370 e. The average Bonchev–Trinajstić information content (AvgIpc) is 2.39. The maximum absolute atomic E-state index is 12.6. The van der Waals surface area contributed by atoms with Crippen LogP contribution in [0.2, 0.25) is 0 Å². The first-order valence-corrected chi connectivity index (χ1v) is 7.35. The van der Waals surface area contributed by atoms with Crippen LogP contribution in [-0.2, 0) is 6.18 Å². The first kappa shape index (κ1) is 15.6. The monoisotopic (exact) mass is 350 g/mol. The second-order valence-corrected chi connectivity index (χ2v) is 6.32. The molecule has 0 aromatic heterocycles. The molecule has 112 valence electrons. The average molecular weight is 351 g/mol. The molecular weight excluding hydrogens is 333 g/mol. The van der Waals surface area contributed by atoms with Gasteiger partial charge in [-0.05, 0) is 60.9 Å². The van der Waals surface area contributed by atoms with E-state index in [1.54, 1.807) is 6.07 Å². The second-order valence-electron chi connectivity index (χ2n) is 5.46. The fourth-order valence-electron chi connectivity index (χ4n) is 2.43. The molecule has 1 aliphatic heterocycles. The van der Waals surface area contributed by atoms with Gasteiger partial charge in [-0.15, -0.1) is 0 Å². The molecule has 2 nitrogen and oxygen atoms in total. The van der Waals surface area contributed by atoms with E-state index < -0.39 is 11.7 Å². The van der Waals surface area contributed by atoms with Gasteiger partial charge >= 0.3 is 6.18 Å². The van der Waals surface area contributed by atoms with E-state index in [2.05, 4.69) is 33.1 Å². The number of nitrogens with zero attached hydrogens (tertiary/aromatic N) is 1. The number of alkyl halides is 3. The van der Waals surface area contributed by atoms with Crippen molar-refractivity contribution < 1.29 is 13.2 Å². The third kappa shape index (κ3) is 3.28. The molecule has 1 fully saturated rings. The molecule has 0 amide bonds. The van der Waals surface area contributed by atoms with E-state index in [0.717, 1.165) is 43.8 Å². The van der Waals surface area contributed by atoms with Crippen molar-refractivity contribution in [3.63, 3.8) is 0 Å². The minimum Gasteiger partial charge on any atom is -0.370 e. The molecule has 0 unspecified atom stereocenters. The van der Waals surface area contributed by atoms with Crippen molar-refractivity contribution in [2.75, 3.05) is 25.0 Å². The van der Waals surface area contributed by atoms with E-state index in [4.69, 9.17) is 0 Å². The number of anilines is 1. The molecule has 0 radical (unpaired) electrons. The van der Waals surface area contributed by atoms with Crippen LogP contribution in [0.4, 0.5) is 18.9 Å². The number of piperidine rings is 1. The van der Waals surface area contributed by atoms with Crippen molar-refractivity contribution in [1.29, 1.82) is 0 Å². The van der Waals surface area contributed by atoms with Gasteiger partial charge in [0.25, 0.3) is 0 Å². The molecule has 0 bridgehead atoms. The third-order valence-corrected chi connectivity index (χ3v) is 4.72. The lowest BCUT2D eigenvalue weighted by molar-refractivity contribution is -0.137. The largest absolute Gasteiger partial charge is 0.416 e. The molecule has 2 rings (SSSR count). The van der Waals surface area contributed by atoms with Crippen LogP contribution < -0.4 is 10.2 Å². The Hall–Kier alpha value is -0.750. The Bertz CT molecular complexity index is 480. The summed E-state index contributed by atoms with van der Waals surface area (Å²) >= 11 is 3.26. The lowest BCUT2D eigenvalue weighted by Gasteiger charge is -2.40. The van der Waals surface area contributed by atoms with Crippen LogP contribution in [0.25, 0.3) is 0 Å². The number of halogens is 4. The maximum atomic E-state index is 12.6. The molecule has 1 saturated heterocycles. The number of hydrogen-bond donors (Lipinski definition) is 1. The second kappa shape index (κ2) is 5.56. The van der Waals surface area contributed by atoms with Crippen molar-refractivity contribution in [1.82, 2.24) is 5.32 Å². The molecule has 0 aliphatic carbocycles. The fraction of sp³-hybridized carbons (Fsp3) is 0.571. The van der Waals surface area contributed by atoms with Crippen LogP contribution in [0.5, 0.6) is 0 Å². The highest BCUT2D eigenvalue weighted by molar-refractivity contribution is 9.10. The summed E-state index contributed by atoms with van der Waals surface area (Å²) in [6.07, 6.45) is -2.36. The van der Waals surface area contributed by atoms with Gasteiger partial charge in [-0.1, -0.05) is 0 Å². The van der Waals surface area contributed by atoms with Crippen LogP contribution in [0.1, 0.15) is 25.3 Å². The lowest BCUT2D eigenvalue weighted by atomic mass is 9.89. The van der Waals surface area contributed by atoms with Gasteiger partial charge in [0.1, 0.15) is 0 Å². The summed E-state index contributed by atoms with van der Waals surface area (Å²) in [5.74, 6) is 0. The summed E-state index contributed by atoms with van der Waals surface area (Å²) < 4.78 is 38.4. The van der Waals surface area contributed by atoms with Gasteiger partial charge in [-0.25, -0.2) is 0 Å². The normalized spacial score (nSPS) is 19.2. The van der Waals surface area contributed by atoms with Gasteiger partial charge < -0.3 is 10.2 Å². The van der Waals surface area contributed by atoms with E-state index in [1.807, 2.05) is 7.05 Å². The Morgan fingerprint density at radius 2 is 1.85 bits per heavy atom. The first-order valence-electron chi connectivity index (χ1n) is 6.56. The Balaban J connectivity index is 2.15. The van der Waals surface area contributed by atoms with Crippen LogP contribution >= 0.6 is 15.9 Å². The van der Waals surface area contributed by atoms with Crippen LogP contribution in [0, 0.1) is 0 Å². The Morgan fingerprint density at radius 1 is 1.25 bits per heavy atom. The van der Waals surface area contributed by atoms with E-state index >= 15 is 0 Å². The number of benzene rings is 1. The Labute approximate surface area is 125 Å². The fourth-order valence-corrected chi connectivity index (χ4v) is 3.06. The van der Waals surface area contributed by atoms with E-state index in [9.17, 15) is 13.2 Å². The van der Waals surface area contributed by atoms with Gasteiger partial charge in [0.15, 0.2) is 0 Å². The zero-order chi connectivity index (χ0) is 15.0. The predicted molar refractivity (Wildman–Crippen MR) is 78.1 cm³/mol. The molecule has 1 N–H and O–H groups in total. The van der Waals surface area contributed by atoms with Crippen molar-refractivity contribution in [3.05, 3.63) is 28.2 Å². The van der Waals surface area contributed by atoms with Gasteiger partial charge in [0.05, 0.1) is 11.3 Å². The molecule has 1 heterocycles. The molecular formula is C14H18BrF3N2. The van der Waals surface area contributed by atoms with E-state index in [0.29, 0.717) is 4.47 Å². The quantitative estimate of drug-likeness (QED) is 0.865. The summed E-state index contributed by atoms with van der Waals surface area (Å²) in [5.41, 5.74) is 0.330. The maximum Gasteiger partial charge on any atom is 0.416 e. The molecule has 0 spiro atoms. The summed E-state index contributed by atoms with van der Waals surface area (Å²) in [5, 5.41) is 3.31. The topological polar surface area (TPSA) is 15.3 Å². The van der Waals surface area contributed by atoms with Crippen molar-refractivity contribution in [2.24, 2.45) is 0 Å². The summed E-state index contributed by atoms with van der Waals surface area (Å²) in [4.78, 5) is 2.13. The highest BCUT2D eigenvalue weighted by Crippen LogP contribution is 2.36. The van der Waals surface area contributed by atoms with E-state index in [1.165, 1.54) is 0 Å². The molecule has 1 aliphatic rings. The number of nitrogens with one attached hydrogen (secondary N) is 1. The molecule has 0 saturated carbocycles. The zero-order valence-corrected chi connectivity index (χ0v) is 13.1. The van der Waals surface area contributed by atoms with Gasteiger partial charge in [-0.3, -0.25) is 0 Å². The highest BCUT2D eigenvalue weighted by atomic mass is 79.9. The van der Waals surface area contributed by atoms with Crippen LogP contribution in [0.3, 0.4) is 0 Å². The molecule has 0 atom stereocenters. The molecule has 6 heteroatoms. The van der Waals surface area contributed by atoms with Gasteiger partial charge in [0, 0.05) is 23.1 Å². The van der Waals surface area contributed by atoms with Crippen molar-refractivity contribution >= 4 is 21.6 Å². The highest BCUT2D eigenvalue weighted by Gasteiger charge is 2.32. The SMILES string of the molecule is CNC1(C)CCN(c2ccc(C(F)(F)F)cc2Br)CC1. The minimum atomic E-state index is -4.30. The lowest BCUT2D eigenvalue weighted by Crippen LogP contribution is -2.50. The third-order valence-electron chi connectivity index (χ3n) is 4.09. The zero-order valence-electron chi connectivity index (χ0n) is 11.5. The van der Waals surface area contributed by atoms with Crippen molar-refractivity contribution in [3.8, 4) is 0 Å². The molecule has 1 aromatic carbocycles. The first-order chi connectivity index (χ1) is 9.25. The number of rotatable bonds is 2. The summed E-state index contributed by atoms with van der Waals surface area (Å²) in [6, 6.07) is 3.85. The Morgan fingerprint density at radius 3 is 2.30 bits per heavy atom. The van der Waals surface area contributed by atoms with Crippen LogP contribution in [0.15, 0.2) is 22.7 Å². The number of hydrogen-bond acceptors (Lipinski definition) is 2.